The van der Waals surface area contributed by atoms with Crippen LogP contribution in [0.5, 0.6) is 5.75 Å². The van der Waals surface area contributed by atoms with E-state index in [0.717, 1.165) is 0 Å². The summed E-state index contributed by atoms with van der Waals surface area (Å²) in [6.07, 6.45) is -4.62. The lowest BCUT2D eigenvalue weighted by Gasteiger charge is -2.07. The van der Waals surface area contributed by atoms with Crippen molar-refractivity contribution in [2.75, 3.05) is 0 Å². The van der Waals surface area contributed by atoms with Crippen molar-refractivity contribution in [3.8, 4) is 5.75 Å². The lowest BCUT2D eigenvalue weighted by molar-refractivity contribution is -0.274. The molecule has 0 aromatic heterocycles. The molecule has 65 valence electrons. The van der Waals surface area contributed by atoms with Crippen LogP contribution >= 0.6 is 0 Å². The molecule has 0 aliphatic carbocycles. The second-order valence-electron chi connectivity index (χ2n) is 2.19. The smallest absolute Gasteiger partial charge is 0.406 e. The summed E-state index contributed by atoms with van der Waals surface area (Å²) < 4.78 is 38.4. The van der Waals surface area contributed by atoms with E-state index in [0.29, 0.717) is 5.56 Å². The quantitative estimate of drug-likeness (QED) is 0.637. The Morgan fingerprint density at radius 1 is 1.08 bits per heavy atom. The molecule has 1 rings (SSSR count). The first kappa shape index (κ1) is 8.90. The Bertz CT molecular complexity index is 250. The second-order valence-corrected chi connectivity index (χ2v) is 2.19. The molecule has 0 amide bonds. The highest BCUT2D eigenvalue weighted by atomic mass is 19.4. The van der Waals surface area contributed by atoms with E-state index >= 15 is 0 Å². The van der Waals surface area contributed by atoms with Gasteiger partial charge in [0.2, 0.25) is 0 Å². The van der Waals surface area contributed by atoms with Crippen LogP contribution in [-0.4, -0.2) is 6.36 Å². The molecular weight excluding hydrogens is 169 g/mol. The van der Waals surface area contributed by atoms with Gasteiger partial charge in [0.1, 0.15) is 5.75 Å². The lowest BCUT2D eigenvalue weighted by atomic mass is 10.2. The van der Waals surface area contributed by atoms with Crippen molar-refractivity contribution < 1.29 is 17.9 Å². The van der Waals surface area contributed by atoms with Gasteiger partial charge in [0.15, 0.2) is 0 Å². The predicted molar refractivity (Wildman–Crippen MR) is 37.6 cm³/mol. The van der Waals surface area contributed by atoms with Gasteiger partial charge in [-0.2, -0.15) is 0 Å². The topological polar surface area (TPSA) is 9.23 Å². The Morgan fingerprint density at radius 3 is 2.00 bits per heavy atom. The lowest BCUT2D eigenvalue weighted by Crippen LogP contribution is -2.16. The zero-order valence-electron chi connectivity index (χ0n) is 6.06. The maximum atomic E-state index is 11.6. The molecule has 4 heteroatoms. The fraction of sp³-hybridized carbons (Fsp3) is 0.125. The third kappa shape index (κ3) is 2.82. The molecule has 0 atom stereocenters. The van der Waals surface area contributed by atoms with Crippen LogP contribution in [0.15, 0.2) is 24.3 Å². The van der Waals surface area contributed by atoms with Gasteiger partial charge in [-0.25, -0.2) is 0 Å². The number of halogens is 3. The Labute approximate surface area is 67.8 Å². The van der Waals surface area contributed by atoms with Gasteiger partial charge in [0.05, 0.1) is 0 Å². The molecule has 1 aromatic rings. The van der Waals surface area contributed by atoms with Crippen LogP contribution in [0, 0.1) is 6.92 Å². The summed E-state index contributed by atoms with van der Waals surface area (Å²) in [6, 6.07) is 5.33. The molecule has 0 saturated heterocycles. The third-order valence-corrected chi connectivity index (χ3v) is 1.16. The van der Waals surface area contributed by atoms with Crippen LogP contribution in [0.3, 0.4) is 0 Å². The minimum absolute atomic E-state index is 0.227. The van der Waals surface area contributed by atoms with E-state index in [1.807, 2.05) is 0 Å². The van der Waals surface area contributed by atoms with Gasteiger partial charge in [-0.15, -0.1) is 13.2 Å². The molecule has 0 spiro atoms. The maximum absolute atomic E-state index is 11.6. The average molecular weight is 175 g/mol. The number of hydrogen-bond acceptors (Lipinski definition) is 1. The highest BCUT2D eigenvalue weighted by molar-refractivity contribution is 5.28. The minimum Gasteiger partial charge on any atom is -0.406 e. The Balaban J connectivity index is 2.71. The fourth-order valence-electron chi connectivity index (χ4n) is 0.691. The maximum Gasteiger partial charge on any atom is 0.573 e. The predicted octanol–water partition coefficient (Wildman–Crippen LogP) is 2.77. The van der Waals surface area contributed by atoms with E-state index < -0.39 is 6.36 Å². The first-order valence-corrected chi connectivity index (χ1v) is 3.15. The van der Waals surface area contributed by atoms with Crippen LogP contribution in [0.4, 0.5) is 13.2 Å². The highest BCUT2D eigenvalue weighted by Gasteiger charge is 2.30. The first-order chi connectivity index (χ1) is 5.47. The van der Waals surface area contributed by atoms with Crippen LogP contribution in [0.1, 0.15) is 5.56 Å². The van der Waals surface area contributed by atoms with E-state index in [-0.39, 0.29) is 5.75 Å². The molecule has 1 radical (unpaired) electrons. The monoisotopic (exact) mass is 175 g/mol. The van der Waals surface area contributed by atoms with Crippen molar-refractivity contribution in [1.29, 1.82) is 0 Å². The summed E-state index contributed by atoms with van der Waals surface area (Å²) >= 11 is 0. The van der Waals surface area contributed by atoms with Gasteiger partial charge in [0, 0.05) is 0 Å². The molecule has 0 bridgehead atoms. The van der Waals surface area contributed by atoms with E-state index in [4.69, 9.17) is 0 Å². The van der Waals surface area contributed by atoms with Crippen molar-refractivity contribution in [2.24, 2.45) is 0 Å². The number of alkyl halides is 3. The van der Waals surface area contributed by atoms with Crippen LogP contribution in [-0.2, 0) is 0 Å². The van der Waals surface area contributed by atoms with Crippen molar-refractivity contribution >= 4 is 0 Å². The molecule has 0 saturated carbocycles. The van der Waals surface area contributed by atoms with E-state index in [9.17, 15) is 13.2 Å². The summed E-state index contributed by atoms with van der Waals surface area (Å²) in [6.45, 7) is 3.52. The third-order valence-electron chi connectivity index (χ3n) is 1.16. The second kappa shape index (κ2) is 3.05. The van der Waals surface area contributed by atoms with Crippen LogP contribution in [0.25, 0.3) is 0 Å². The minimum atomic E-state index is -4.62. The molecule has 1 aromatic carbocycles. The van der Waals surface area contributed by atoms with E-state index in [2.05, 4.69) is 11.7 Å². The molecule has 0 aliphatic rings. The largest absolute Gasteiger partial charge is 0.573 e. The zero-order chi connectivity index (χ0) is 9.19. The molecule has 12 heavy (non-hydrogen) atoms. The normalized spacial score (nSPS) is 11.3. The molecular formula is C8H6F3O. The molecule has 0 fully saturated rings. The van der Waals surface area contributed by atoms with Gasteiger partial charge in [-0.05, 0) is 24.6 Å². The Morgan fingerprint density at radius 2 is 1.58 bits per heavy atom. The molecule has 0 heterocycles. The summed E-state index contributed by atoms with van der Waals surface area (Å²) in [7, 11) is 0. The van der Waals surface area contributed by atoms with Crippen molar-refractivity contribution in [3.63, 3.8) is 0 Å². The number of ether oxygens (including phenoxy) is 1. The SMILES string of the molecule is [CH2]c1ccc(OC(F)(F)F)cc1. The molecule has 1 nitrogen and oxygen atoms in total. The summed E-state index contributed by atoms with van der Waals surface area (Å²) in [5, 5.41) is 0. The number of benzene rings is 1. The van der Waals surface area contributed by atoms with E-state index in [1.165, 1.54) is 24.3 Å². The van der Waals surface area contributed by atoms with Crippen LogP contribution in [0.2, 0.25) is 0 Å². The highest BCUT2D eigenvalue weighted by Crippen LogP contribution is 2.22. The zero-order valence-corrected chi connectivity index (χ0v) is 6.06. The summed E-state index contributed by atoms with van der Waals surface area (Å²) in [5.41, 5.74) is 0.643. The van der Waals surface area contributed by atoms with Gasteiger partial charge < -0.3 is 4.74 Å². The number of hydrogen-bond donors (Lipinski definition) is 0. The van der Waals surface area contributed by atoms with E-state index in [1.54, 1.807) is 0 Å². The van der Waals surface area contributed by atoms with Gasteiger partial charge in [-0.1, -0.05) is 12.1 Å². The van der Waals surface area contributed by atoms with Crippen molar-refractivity contribution in [1.82, 2.24) is 0 Å². The van der Waals surface area contributed by atoms with Gasteiger partial charge in [0.25, 0.3) is 0 Å². The van der Waals surface area contributed by atoms with Crippen molar-refractivity contribution in [2.45, 2.75) is 6.36 Å². The molecule has 0 N–H and O–H groups in total. The molecule has 0 aliphatic heterocycles. The Kier molecular flexibility index (Phi) is 2.26. The number of rotatable bonds is 1. The van der Waals surface area contributed by atoms with Gasteiger partial charge in [-0.3, -0.25) is 0 Å². The fourth-order valence-corrected chi connectivity index (χ4v) is 0.691. The molecule has 0 unspecified atom stereocenters. The van der Waals surface area contributed by atoms with Crippen molar-refractivity contribution in [3.05, 3.63) is 36.8 Å². The Hall–Kier alpha value is -1.19. The van der Waals surface area contributed by atoms with Gasteiger partial charge >= 0.3 is 6.36 Å². The van der Waals surface area contributed by atoms with Crippen LogP contribution < -0.4 is 4.74 Å². The average Bonchev–Trinajstić information content (AvgIpc) is 1.91. The summed E-state index contributed by atoms with van der Waals surface area (Å²) in [4.78, 5) is 0. The first-order valence-electron chi connectivity index (χ1n) is 3.15. The standard InChI is InChI=1S/C8H6F3O/c1-6-2-4-7(5-3-6)12-8(9,10)11/h2-5H,1H2. The summed E-state index contributed by atoms with van der Waals surface area (Å²) in [5.74, 6) is -0.227.